The van der Waals surface area contributed by atoms with E-state index in [-0.39, 0.29) is 0 Å². The first-order valence-electron chi connectivity index (χ1n) is 12.6. The maximum absolute atomic E-state index is 12.7. The molecule has 3 N–H and O–H groups in total. The minimum atomic E-state index is -3.56. The zero-order chi connectivity index (χ0) is 27.7. The molecule has 0 aliphatic carbocycles. The summed E-state index contributed by atoms with van der Waals surface area (Å²) < 4.78 is 27.2. The molecular formula is C27H36ClN7O2S. The van der Waals surface area contributed by atoms with Gasteiger partial charge < -0.3 is 20.4 Å². The van der Waals surface area contributed by atoms with Gasteiger partial charge in [0.2, 0.25) is 16.0 Å². The highest BCUT2D eigenvalue weighted by molar-refractivity contribution is 7.94. The van der Waals surface area contributed by atoms with Crippen LogP contribution in [0.1, 0.15) is 31.9 Å². The second-order valence-electron chi connectivity index (χ2n) is 10.7. The third kappa shape index (κ3) is 6.48. The fourth-order valence-electron chi connectivity index (χ4n) is 3.89. The number of hydrogen-bond acceptors (Lipinski definition) is 8. The summed E-state index contributed by atoms with van der Waals surface area (Å²) in [6.45, 7) is 12.7. The van der Waals surface area contributed by atoms with Gasteiger partial charge in [-0.05, 0) is 77.6 Å². The Hall–Kier alpha value is -3.08. The number of benzene rings is 2. The van der Waals surface area contributed by atoms with Crippen LogP contribution < -0.4 is 20.3 Å². The minimum Gasteiger partial charge on any atom is -0.368 e. The summed E-state index contributed by atoms with van der Waals surface area (Å²) >= 11 is 6.63. The van der Waals surface area contributed by atoms with Gasteiger partial charge in [0.25, 0.3) is 0 Å². The van der Waals surface area contributed by atoms with Crippen molar-refractivity contribution in [1.82, 2.24) is 14.9 Å². The van der Waals surface area contributed by atoms with Gasteiger partial charge >= 0.3 is 0 Å². The molecule has 4 rings (SSSR count). The number of piperazine rings is 1. The van der Waals surface area contributed by atoms with Gasteiger partial charge in [0.15, 0.2) is 0 Å². The van der Waals surface area contributed by atoms with E-state index in [1.807, 2.05) is 44.2 Å². The van der Waals surface area contributed by atoms with E-state index in [9.17, 15) is 8.42 Å². The summed E-state index contributed by atoms with van der Waals surface area (Å²) in [6.07, 6.45) is 1.73. The van der Waals surface area contributed by atoms with Crippen LogP contribution in [0.5, 0.6) is 0 Å². The molecule has 1 aliphatic rings. The van der Waals surface area contributed by atoms with Crippen molar-refractivity contribution in [3.05, 3.63) is 58.7 Å². The largest absolute Gasteiger partial charge is 0.368 e. The molecule has 204 valence electrons. The van der Waals surface area contributed by atoms with E-state index >= 15 is 0 Å². The van der Waals surface area contributed by atoms with Crippen molar-refractivity contribution in [2.24, 2.45) is 0 Å². The number of rotatable bonds is 7. The highest BCUT2D eigenvalue weighted by Crippen LogP contribution is 2.31. The summed E-state index contributed by atoms with van der Waals surface area (Å²) in [5.41, 5.74) is 4.70. The van der Waals surface area contributed by atoms with Gasteiger partial charge in [0, 0.05) is 49.3 Å². The van der Waals surface area contributed by atoms with E-state index in [1.165, 1.54) is 0 Å². The number of likely N-dealkylation sites (N-methyl/N-ethyl adjacent to an activating group) is 1. The molecule has 0 spiro atoms. The van der Waals surface area contributed by atoms with Crippen LogP contribution in [0.15, 0.2) is 42.6 Å². The summed E-state index contributed by atoms with van der Waals surface area (Å²) in [7, 11) is -1.43. The van der Waals surface area contributed by atoms with Crippen LogP contribution in [0.3, 0.4) is 0 Å². The van der Waals surface area contributed by atoms with Crippen molar-refractivity contribution in [2.75, 3.05) is 53.5 Å². The number of sulfonamides is 1. The fourth-order valence-corrected chi connectivity index (χ4v) is 5.01. The quantitative estimate of drug-likeness (QED) is 0.349. The van der Waals surface area contributed by atoms with Gasteiger partial charge in [-0.1, -0.05) is 17.7 Å². The Morgan fingerprint density at radius 3 is 2.24 bits per heavy atom. The van der Waals surface area contributed by atoms with Gasteiger partial charge in [-0.2, -0.15) is 4.98 Å². The summed E-state index contributed by atoms with van der Waals surface area (Å²) in [5, 5.41) is 7.21. The predicted octanol–water partition coefficient (Wildman–Crippen LogP) is 5.53. The topological polar surface area (TPSA) is 102 Å². The second-order valence-corrected chi connectivity index (χ2v) is 13.5. The average Bonchev–Trinajstić information content (AvgIpc) is 2.83. The lowest BCUT2D eigenvalue weighted by molar-refractivity contribution is 0.313. The van der Waals surface area contributed by atoms with Crippen LogP contribution in [-0.4, -0.2) is 61.3 Å². The average molecular weight is 558 g/mol. The Morgan fingerprint density at radius 1 is 0.921 bits per heavy atom. The maximum Gasteiger partial charge on any atom is 0.237 e. The molecule has 11 heteroatoms. The normalized spacial score (nSPS) is 14.9. The van der Waals surface area contributed by atoms with Gasteiger partial charge in [0.05, 0.1) is 21.1 Å². The number of aryl methyl sites for hydroxylation is 2. The molecule has 1 aromatic heterocycles. The Labute approximate surface area is 230 Å². The zero-order valence-electron chi connectivity index (χ0n) is 22.8. The fraction of sp³-hybridized carbons (Fsp3) is 0.407. The first-order chi connectivity index (χ1) is 17.8. The third-order valence-corrected chi connectivity index (χ3v) is 8.97. The molecule has 0 bridgehead atoms. The van der Waals surface area contributed by atoms with E-state index in [0.717, 1.165) is 48.7 Å². The van der Waals surface area contributed by atoms with Crippen molar-refractivity contribution in [3.63, 3.8) is 0 Å². The van der Waals surface area contributed by atoms with Crippen LogP contribution in [0.25, 0.3) is 0 Å². The van der Waals surface area contributed by atoms with E-state index in [1.54, 1.807) is 33.0 Å². The first-order valence-corrected chi connectivity index (χ1v) is 14.4. The van der Waals surface area contributed by atoms with Crippen LogP contribution in [0, 0.1) is 13.8 Å². The number of nitrogens with zero attached hydrogens (tertiary/aromatic N) is 4. The molecule has 1 aliphatic heterocycles. The molecule has 9 nitrogen and oxygen atoms in total. The molecule has 0 radical (unpaired) electrons. The number of halogens is 1. The monoisotopic (exact) mass is 557 g/mol. The smallest absolute Gasteiger partial charge is 0.237 e. The highest BCUT2D eigenvalue weighted by Gasteiger charge is 2.29. The molecule has 0 amide bonds. The van der Waals surface area contributed by atoms with Crippen molar-refractivity contribution >= 4 is 56.1 Å². The second kappa shape index (κ2) is 11.0. The van der Waals surface area contributed by atoms with Gasteiger partial charge in [-0.15, -0.1) is 0 Å². The minimum absolute atomic E-state index is 0.419. The first kappa shape index (κ1) is 27.9. The lowest BCUT2D eigenvalue weighted by Crippen LogP contribution is -2.44. The SMILES string of the molecule is Cc1ccc(Nc2nc(Nc3ccc(N4CCN(C)CC4)c(Cl)c3)ncc2C)cc1NS(=O)(=O)C(C)(C)C. The lowest BCUT2D eigenvalue weighted by Gasteiger charge is -2.34. The van der Waals surface area contributed by atoms with Crippen LogP contribution in [0.4, 0.5) is 34.5 Å². The van der Waals surface area contributed by atoms with Crippen LogP contribution in [-0.2, 0) is 10.0 Å². The summed E-state index contributed by atoms with van der Waals surface area (Å²) in [6, 6.07) is 11.4. The van der Waals surface area contributed by atoms with Crippen molar-refractivity contribution in [2.45, 2.75) is 39.4 Å². The number of hydrogen-bond donors (Lipinski definition) is 3. The number of anilines is 6. The summed E-state index contributed by atoms with van der Waals surface area (Å²) in [4.78, 5) is 13.7. The molecule has 3 aromatic rings. The third-order valence-electron chi connectivity index (χ3n) is 6.57. The molecule has 0 saturated carbocycles. The Balaban J connectivity index is 1.51. The molecule has 2 aromatic carbocycles. The van der Waals surface area contributed by atoms with Crippen LogP contribution >= 0.6 is 11.6 Å². The molecule has 0 atom stereocenters. The highest BCUT2D eigenvalue weighted by atomic mass is 35.5. The van der Waals surface area contributed by atoms with Crippen LogP contribution in [0.2, 0.25) is 5.02 Å². The van der Waals surface area contributed by atoms with Crippen molar-refractivity contribution < 1.29 is 8.42 Å². The molecular weight excluding hydrogens is 522 g/mol. The predicted molar refractivity (Wildman–Crippen MR) is 158 cm³/mol. The van der Waals surface area contributed by atoms with Crippen molar-refractivity contribution in [1.29, 1.82) is 0 Å². The van der Waals surface area contributed by atoms with Crippen molar-refractivity contribution in [3.8, 4) is 0 Å². The maximum atomic E-state index is 12.7. The Bertz CT molecular complexity index is 1420. The Kier molecular flexibility index (Phi) is 8.06. The number of nitrogens with one attached hydrogen (secondary N) is 3. The molecule has 0 unspecified atom stereocenters. The van der Waals surface area contributed by atoms with E-state index < -0.39 is 14.8 Å². The molecule has 2 heterocycles. The summed E-state index contributed by atoms with van der Waals surface area (Å²) in [5.74, 6) is 1.03. The Morgan fingerprint density at radius 2 is 1.58 bits per heavy atom. The van der Waals surface area contributed by atoms with Gasteiger partial charge in [-0.3, -0.25) is 4.72 Å². The van der Waals surface area contributed by atoms with Gasteiger partial charge in [-0.25, -0.2) is 13.4 Å². The molecule has 38 heavy (non-hydrogen) atoms. The van der Waals surface area contributed by atoms with E-state index in [2.05, 4.69) is 42.2 Å². The number of aromatic nitrogens is 2. The molecule has 1 saturated heterocycles. The lowest BCUT2D eigenvalue weighted by atomic mass is 10.2. The molecule has 1 fully saturated rings. The van der Waals surface area contributed by atoms with E-state index in [4.69, 9.17) is 11.6 Å². The standard InChI is InChI=1S/C27H36ClN7O2S/c1-18-7-8-21(16-23(18)33-38(36,37)27(3,4)5)30-25-19(2)17-29-26(32-25)31-20-9-10-24(22(28)15-20)35-13-11-34(6)12-14-35/h7-10,15-17,33H,11-14H2,1-6H3,(H2,29,30,31,32). The van der Waals surface area contributed by atoms with E-state index in [0.29, 0.717) is 28.2 Å². The zero-order valence-corrected chi connectivity index (χ0v) is 24.3. The van der Waals surface area contributed by atoms with Gasteiger partial charge in [0.1, 0.15) is 5.82 Å².